The van der Waals surface area contributed by atoms with Crippen LogP contribution in [0.25, 0.3) is 0 Å². The van der Waals surface area contributed by atoms with E-state index in [2.05, 4.69) is 40.8 Å². The molecule has 0 unspecified atom stereocenters. The highest BCUT2D eigenvalue weighted by molar-refractivity contribution is 7.92. The third kappa shape index (κ3) is 6.34. The molecule has 0 atom stereocenters. The molecule has 0 radical (unpaired) electrons. The van der Waals surface area contributed by atoms with E-state index in [9.17, 15) is 8.42 Å². The van der Waals surface area contributed by atoms with Crippen LogP contribution in [0.3, 0.4) is 0 Å². The first-order chi connectivity index (χ1) is 16.4. The van der Waals surface area contributed by atoms with Crippen LogP contribution in [0.15, 0.2) is 84.0 Å². The second kappa shape index (κ2) is 10.4. The van der Waals surface area contributed by atoms with Crippen LogP contribution in [0.1, 0.15) is 0 Å². The molecule has 0 amide bonds. The molecule has 4 rings (SSSR count). The van der Waals surface area contributed by atoms with Crippen molar-refractivity contribution in [2.24, 2.45) is 0 Å². The quantitative estimate of drug-likeness (QED) is 0.266. The van der Waals surface area contributed by atoms with E-state index >= 15 is 0 Å². The van der Waals surface area contributed by atoms with Gasteiger partial charge in [0.15, 0.2) is 16.1 Å². The number of thiocarbonyl (C=S) groups is 1. The summed E-state index contributed by atoms with van der Waals surface area (Å²) in [5.74, 6) is 0.566. The maximum absolute atomic E-state index is 12.5. The molecule has 2 aromatic carbocycles. The number of nitrogens with zero attached hydrogens (tertiary/aromatic N) is 4. The van der Waals surface area contributed by atoms with E-state index in [1.807, 2.05) is 24.3 Å². The van der Waals surface area contributed by atoms with Crippen molar-refractivity contribution in [1.82, 2.24) is 20.2 Å². The second-order valence-electron chi connectivity index (χ2n) is 6.73. The SMILES string of the molecule is O=S(=O)(Nc1ncccn1)c1ccc(NC(=S)Nc2ccc(Nc3ccc(Cl)nn3)cc2)cc1. The van der Waals surface area contributed by atoms with Gasteiger partial charge in [-0.05, 0) is 78.9 Å². The van der Waals surface area contributed by atoms with Crippen molar-refractivity contribution in [2.45, 2.75) is 4.90 Å². The molecule has 2 aromatic heterocycles. The average Bonchev–Trinajstić information content (AvgIpc) is 2.82. The van der Waals surface area contributed by atoms with Crippen molar-refractivity contribution in [3.63, 3.8) is 0 Å². The lowest BCUT2D eigenvalue weighted by molar-refractivity contribution is 0.601. The number of hydrogen-bond donors (Lipinski definition) is 4. The van der Waals surface area contributed by atoms with E-state index in [1.54, 1.807) is 30.3 Å². The number of nitrogens with one attached hydrogen (secondary N) is 4. The van der Waals surface area contributed by atoms with Gasteiger partial charge in [0.05, 0.1) is 4.90 Å². The van der Waals surface area contributed by atoms with Gasteiger partial charge in [-0.1, -0.05) is 11.6 Å². The minimum absolute atomic E-state index is 0.00241. The van der Waals surface area contributed by atoms with E-state index in [0.717, 1.165) is 11.4 Å². The predicted octanol–water partition coefficient (Wildman–Crippen LogP) is 4.27. The Morgan fingerprint density at radius 1 is 0.794 bits per heavy atom. The molecule has 0 aliphatic heterocycles. The summed E-state index contributed by atoms with van der Waals surface area (Å²) in [4.78, 5) is 7.79. The first-order valence-corrected chi connectivity index (χ1v) is 12.0. The maximum Gasteiger partial charge on any atom is 0.264 e. The third-order valence-corrected chi connectivity index (χ3v) is 6.01. The number of rotatable bonds is 7. The molecule has 0 fully saturated rings. The zero-order valence-corrected chi connectivity index (χ0v) is 19.7. The average molecular weight is 513 g/mol. The minimum Gasteiger partial charge on any atom is -0.339 e. The molecule has 0 aliphatic rings. The molecule has 0 bridgehead atoms. The van der Waals surface area contributed by atoms with Gasteiger partial charge in [-0.3, -0.25) is 0 Å². The molecule has 2 heterocycles. The Kier molecular flexibility index (Phi) is 7.11. The van der Waals surface area contributed by atoms with E-state index in [1.165, 1.54) is 24.5 Å². The minimum atomic E-state index is -3.81. The highest BCUT2D eigenvalue weighted by atomic mass is 35.5. The molecular weight excluding hydrogens is 496 g/mol. The van der Waals surface area contributed by atoms with Crippen molar-refractivity contribution in [2.75, 3.05) is 20.7 Å². The lowest BCUT2D eigenvalue weighted by atomic mass is 10.3. The summed E-state index contributed by atoms with van der Waals surface area (Å²) >= 11 is 11.1. The number of benzene rings is 2. The van der Waals surface area contributed by atoms with Crippen molar-refractivity contribution in [3.05, 3.63) is 84.3 Å². The van der Waals surface area contributed by atoms with Crippen LogP contribution in [0.5, 0.6) is 0 Å². The summed E-state index contributed by atoms with van der Waals surface area (Å²) in [5, 5.41) is 17.6. The van der Waals surface area contributed by atoms with Gasteiger partial charge in [-0.15, -0.1) is 10.2 Å². The molecule has 0 saturated carbocycles. The monoisotopic (exact) mass is 512 g/mol. The molecule has 13 heteroatoms. The van der Waals surface area contributed by atoms with Gasteiger partial charge >= 0.3 is 0 Å². The van der Waals surface area contributed by atoms with Crippen LogP contribution in [0.2, 0.25) is 5.15 Å². The highest BCUT2D eigenvalue weighted by Gasteiger charge is 2.15. The summed E-state index contributed by atoms with van der Waals surface area (Å²) in [6.07, 6.45) is 2.90. The van der Waals surface area contributed by atoms with Gasteiger partial charge in [0.25, 0.3) is 10.0 Å². The maximum atomic E-state index is 12.5. The smallest absolute Gasteiger partial charge is 0.264 e. The van der Waals surface area contributed by atoms with E-state index in [0.29, 0.717) is 21.8 Å². The number of halogens is 1. The third-order valence-electron chi connectivity index (χ3n) is 4.26. The van der Waals surface area contributed by atoms with Crippen molar-refractivity contribution >= 4 is 67.8 Å². The molecule has 34 heavy (non-hydrogen) atoms. The molecule has 0 aliphatic carbocycles. The van der Waals surface area contributed by atoms with E-state index in [-0.39, 0.29) is 10.8 Å². The van der Waals surface area contributed by atoms with Crippen molar-refractivity contribution in [1.29, 1.82) is 0 Å². The molecule has 0 saturated heterocycles. The van der Waals surface area contributed by atoms with Crippen LogP contribution in [0.4, 0.5) is 28.8 Å². The Hall–Kier alpha value is -3.87. The van der Waals surface area contributed by atoms with Crippen LogP contribution in [-0.4, -0.2) is 33.7 Å². The molecule has 4 N–H and O–H groups in total. The number of aromatic nitrogens is 4. The Morgan fingerprint density at radius 2 is 1.38 bits per heavy atom. The largest absolute Gasteiger partial charge is 0.339 e. The van der Waals surface area contributed by atoms with Crippen LogP contribution in [0, 0.1) is 0 Å². The fourth-order valence-corrected chi connectivity index (χ4v) is 4.00. The van der Waals surface area contributed by atoms with Gasteiger partial charge < -0.3 is 16.0 Å². The van der Waals surface area contributed by atoms with E-state index < -0.39 is 10.0 Å². The summed E-state index contributed by atoms with van der Waals surface area (Å²) in [7, 11) is -3.81. The zero-order chi connectivity index (χ0) is 24.0. The number of hydrogen-bond acceptors (Lipinski definition) is 8. The molecule has 172 valence electrons. The van der Waals surface area contributed by atoms with Gasteiger partial charge in [-0.25, -0.2) is 23.1 Å². The van der Waals surface area contributed by atoms with E-state index in [4.69, 9.17) is 23.8 Å². The summed E-state index contributed by atoms with van der Waals surface area (Å²) in [6.45, 7) is 0. The predicted molar refractivity (Wildman–Crippen MR) is 136 cm³/mol. The van der Waals surface area contributed by atoms with Crippen LogP contribution >= 0.6 is 23.8 Å². The molecule has 0 spiro atoms. The van der Waals surface area contributed by atoms with Gasteiger partial charge in [0, 0.05) is 29.5 Å². The lowest BCUT2D eigenvalue weighted by Gasteiger charge is -2.12. The van der Waals surface area contributed by atoms with Crippen molar-refractivity contribution < 1.29 is 8.42 Å². The van der Waals surface area contributed by atoms with Gasteiger partial charge in [0.2, 0.25) is 5.95 Å². The van der Waals surface area contributed by atoms with Crippen LogP contribution < -0.4 is 20.7 Å². The molecular formula is C21H17ClN8O2S2. The molecule has 10 nitrogen and oxygen atoms in total. The standard InChI is InChI=1S/C21H17ClN8O2S2/c22-18-10-11-19(29-28-18)25-14-2-4-15(5-3-14)26-21(33)27-16-6-8-17(9-7-16)34(31,32)30-20-23-12-1-13-24-20/h1-13H,(H,25,29)(H,23,24,30)(H2,26,27,33). The topological polar surface area (TPSA) is 134 Å². The zero-order valence-electron chi connectivity index (χ0n) is 17.3. The van der Waals surface area contributed by atoms with Crippen LogP contribution in [-0.2, 0) is 10.0 Å². The fourth-order valence-electron chi connectivity index (χ4n) is 2.71. The molecule has 4 aromatic rings. The Balaban J connectivity index is 1.32. The first-order valence-electron chi connectivity index (χ1n) is 9.72. The number of anilines is 5. The number of sulfonamides is 1. The lowest BCUT2D eigenvalue weighted by Crippen LogP contribution is -2.19. The Bertz CT molecular complexity index is 1370. The van der Waals surface area contributed by atoms with Crippen molar-refractivity contribution in [3.8, 4) is 0 Å². The second-order valence-corrected chi connectivity index (χ2v) is 9.20. The summed E-state index contributed by atoms with van der Waals surface area (Å²) in [6, 6.07) is 18.5. The fraction of sp³-hybridized carbons (Fsp3) is 0. The van der Waals surface area contributed by atoms with Gasteiger partial charge in [0.1, 0.15) is 0 Å². The Labute approximate surface area is 205 Å². The summed E-state index contributed by atoms with van der Waals surface area (Å²) < 4.78 is 27.3. The summed E-state index contributed by atoms with van der Waals surface area (Å²) in [5.41, 5.74) is 2.19. The normalized spacial score (nSPS) is 10.9. The highest BCUT2D eigenvalue weighted by Crippen LogP contribution is 2.19. The first kappa shape index (κ1) is 23.3. The Morgan fingerprint density at radius 3 is 1.97 bits per heavy atom. The van der Waals surface area contributed by atoms with Gasteiger partial charge in [-0.2, -0.15) is 0 Å².